The average molecular weight is 342 g/mol. The summed E-state index contributed by atoms with van der Waals surface area (Å²) >= 11 is 0. The maximum atomic E-state index is 11.2. The van der Waals surface area contributed by atoms with E-state index in [2.05, 4.69) is 40.5 Å². The van der Waals surface area contributed by atoms with E-state index in [1.54, 1.807) is 0 Å². The maximum Gasteiger partial charge on any atom is 0.317 e. The van der Waals surface area contributed by atoms with Crippen molar-refractivity contribution in [2.24, 2.45) is 5.92 Å². The topological polar surface area (TPSA) is 52.6 Å². The van der Waals surface area contributed by atoms with E-state index in [4.69, 9.17) is 0 Å². The van der Waals surface area contributed by atoms with Gasteiger partial charge >= 0.3 is 5.97 Å². The van der Waals surface area contributed by atoms with Gasteiger partial charge in [-0.1, -0.05) is 36.8 Å². The Morgan fingerprint density at radius 1 is 1.12 bits per heavy atom. The van der Waals surface area contributed by atoms with Crippen LogP contribution in [0, 0.1) is 5.92 Å². The predicted octanol–water partition coefficient (Wildman–Crippen LogP) is 3.24. The van der Waals surface area contributed by atoms with Gasteiger partial charge in [-0.3, -0.25) is 9.69 Å². The lowest BCUT2D eigenvalue weighted by Gasteiger charge is -2.44. The third-order valence-electron chi connectivity index (χ3n) is 6.35. The highest BCUT2D eigenvalue weighted by molar-refractivity contribution is 5.69. The van der Waals surface area contributed by atoms with Gasteiger partial charge in [0, 0.05) is 24.7 Å². The molecule has 3 aliphatic carbocycles. The van der Waals surface area contributed by atoms with Crippen LogP contribution in [-0.2, 0) is 4.79 Å². The minimum Gasteiger partial charge on any atom is -0.480 e. The molecular formula is C21H30N2O2. The van der Waals surface area contributed by atoms with Gasteiger partial charge in [-0.15, -0.1) is 0 Å². The molecule has 2 unspecified atom stereocenters. The first-order chi connectivity index (χ1) is 12.2. The number of carboxylic acid groups (broad SMARTS) is 1. The van der Waals surface area contributed by atoms with Crippen molar-refractivity contribution in [3.8, 4) is 0 Å². The summed E-state index contributed by atoms with van der Waals surface area (Å²) in [5.74, 6) is 0.711. The van der Waals surface area contributed by atoms with Crippen LogP contribution in [-0.4, -0.2) is 47.2 Å². The summed E-state index contributed by atoms with van der Waals surface area (Å²) in [4.78, 5) is 13.4. The Morgan fingerprint density at radius 3 is 2.56 bits per heavy atom. The van der Waals surface area contributed by atoms with Crippen LogP contribution in [0.5, 0.6) is 0 Å². The number of nitrogens with zero attached hydrogens (tertiary/aromatic N) is 1. The summed E-state index contributed by atoms with van der Waals surface area (Å²) in [6.07, 6.45) is 8.64. The highest BCUT2D eigenvalue weighted by Gasteiger charge is 2.39. The first kappa shape index (κ1) is 17.0. The van der Waals surface area contributed by atoms with Crippen LogP contribution >= 0.6 is 0 Å². The second-order valence-electron chi connectivity index (χ2n) is 8.31. The summed E-state index contributed by atoms with van der Waals surface area (Å²) in [5, 5.41) is 13.1. The predicted molar refractivity (Wildman–Crippen MR) is 98.7 cm³/mol. The summed E-state index contributed by atoms with van der Waals surface area (Å²) in [5.41, 5.74) is 1.47. The molecule has 0 spiro atoms. The third-order valence-corrected chi connectivity index (χ3v) is 6.35. The highest BCUT2D eigenvalue weighted by Crippen LogP contribution is 2.38. The van der Waals surface area contributed by atoms with Crippen molar-refractivity contribution >= 4 is 5.97 Å². The molecule has 0 saturated heterocycles. The molecule has 2 atom stereocenters. The van der Waals surface area contributed by atoms with Crippen LogP contribution in [0.15, 0.2) is 30.3 Å². The fourth-order valence-corrected chi connectivity index (χ4v) is 4.73. The minimum absolute atomic E-state index is 0.212. The Kier molecular flexibility index (Phi) is 5.09. The molecule has 1 aromatic carbocycles. The molecule has 0 radical (unpaired) electrons. The summed E-state index contributed by atoms with van der Waals surface area (Å²) in [6, 6.07) is 12.5. The lowest BCUT2D eigenvalue weighted by molar-refractivity contribution is -0.139. The quantitative estimate of drug-likeness (QED) is 0.761. The number of carboxylic acids is 1. The van der Waals surface area contributed by atoms with Gasteiger partial charge in [0.05, 0.1) is 6.54 Å². The van der Waals surface area contributed by atoms with Crippen molar-refractivity contribution in [3.05, 3.63) is 35.9 Å². The second kappa shape index (κ2) is 7.46. The minimum atomic E-state index is -0.683. The molecule has 0 aromatic heterocycles. The van der Waals surface area contributed by atoms with Gasteiger partial charge in [-0.05, 0) is 55.9 Å². The first-order valence-electron chi connectivity index (χ1n) is 9.96. The molecule has 2 N–H and O–H groups in total. The fourth-order valence-electron chi connectivity index (χ4n) is 4.73. The van der Waals surface area contributed by atoms with E-state index in [9.17, 15) is 9.90 Å². The average Bonchev–Trinajstić information content (AvgIpc) is 3.25. The number of rotatable bonds is 8. The molecular weight excluding hydrogens is 312 g/mol. The van der Waals surface area contributed by atoms with Gasteiger partial charge in [0.15, 0.2) is 0 Å². The molecule has 3 fully saturated rings. The van der Waals surface area contributed by atoms with E-state index < -0.39 is 5.97 Å². The molecule has 4 nitrogen and oxygen atoms in total. The zero-order chi connectivity index (χ0) is 17.2. The van der Waals surface area contributed by atoms with Gasteiger partial charge in [-0.2, -0.15) is 0 Å². The molecule has 25 heavy (non-hydrogen) atoms. The highest BCUT2D eigenvalue weighted by atomic mass is 16.4. The molecule has 0 aliphatic heterocycles. The molecule has 3 aliphatic rings. The number of aliphatic carboxylic acids is 1. The van der Waals surface area contributed by atoms with Crippen LogP contribution in [0.3, 0.4) is 0 Å². The van der Waals surface area contributed by atoms with Crippen LogP contribution in [0.4, 0.5) is 0 Å². The van der Waals surface area contributed by atoms with E-state index in [1.165, 1.54) is 37.7 Å². The van der Waals surface area contributed by atoms with E-state index in [1.807, 2.05) is 0 Å². The Bertz CT molecular complexity index is 581. The van der Waals surface area contributed by atoms with Crippen molar-refractivity contribution < 1.29 is 9.90 Å². The van der Waals surface area contributed by atoms with Crippen LogP contribution < -0.4 is 5.32 Å². The fraction of sp³-hybridized carbons (Fsp3) is 0.667. The Balaban J connectivity index is 1.29. The molecule has 0 amide bonds. The van der Waals surface area contributed by atoms with E-state index >= 15 is 0 Å². The van der Waals surface area contributed by atoms with Crippen molar-refractivity contribution in [2.75, 3.05) is 13.1 Å². The van der Waals surface area contributed by atoms with Gasteiger partial charge in [0.1, 0.15) is 0 Å². The van der Waals surface area contributed by atoms with Crippen LogP contribution in [0.25, 0.3) is 0 Å². The number of hydrogen-bond donors (Lipinski definition) is 2. The maximum absolute atomic E-state index is 11.2. The van der Waals surface area contributed by atoms with Crippen LogP contribution in [0.2, 0.25) is 0 Å². The van der Waals surface area contributed by atoms with E-state index in [0.717, 1.165) is 25.3 Å². The van der Waals surface area contributed by atoms with Gasteiger partial charge in [-0.25, -0.2) is 0 Å². The molecule has 3 saturated carbocycles. The summed E-state index contributed by atoms with van der Waals surface area (Å²) in [6.45, 7) is 1.20. The Morgan fingerprint density at radius 2 is 1.88 bits per heavy atom. The van der Waals surface area contributed by atoms with Crippen molar-refractivity contribution in [1.82, 2.24) is 10.2 Å². The second-order valence-corrected chi connectivity index (χ2v) is 8.31. The molecule has 136 valence electrons. The van der Waals surface area contributed by atoms with Gasteiger partial charge < -0.3 is 10.4 Å². The zero-order valence-corrected chi connectivity index (χ0v) is 14.9. The summed E-state index contributed by atoms with van der Waals surface area (Å²) < 4.78 is 0. The smallest absolute Gasteiger partial charge is 0.317 e. The SMILES string of the molecule is O=C(O)CN(CC1CC1)C1CC(NC2CCCC2c2ccccc2)C1. The zero-order valence-electron chi connectivity index (χ0n) is 14.9. The van der Waals surface area contributed by atoms with Crippen LogP contribution in [0.1, 0.15) is 56.4 Å². The Labute approximate surface area is 150 Å². The number of carbonyl (C=O) groups is 1. The molecule has 0 heterocycles. The van der Waals surface area contributed by atoms with Gasteiger partial charge in [0.2, 0.25) is 0 Å². The van der Waals surface area contributed by atoms with Crippen molar-refractivity contribution in [3.63, 3.8) is 0 Å². The molecule has 4 heteroatoms. The monoisotopic (exact) mass is 342 g/mol. The standard InChI is InChI=1S/C21H30N2O2/c24-21(25)14-23(13-15-9-10-15)18-11-17(12-18)22-20-8-4-7-19(20)16-5-2-1-3-6-16/h1-3,5-6,15,17-20,22H,4,7-14H2,(H,24,25). The largest absolute Gasteiger partial charge is 0.480 e. The lowest BCUT2D eigenvalue weighted by atomic mass is 9.83. The molecule has 1 aromatic rings. The van der Waals surface area contributed by atoms with Gasteiger partial charge in [0.25, 0.3) is 0 Å². The molecule has 4 rings (SSSR count). The number of nitrogens with one attached hydrogen (secondary N) is 1. The Hall–Kier alpha value is -1.39. The lowest BCUT2D eigenvalue weighted by Crippen LogP contribution is -2.56. The number of benzene rings is 1. The summed E-state index contributed by atoms with van der Waals surface area (Å²) in [7, 11) is 0. The van der Waals surface area contributed by atoms with Crippen molar-refractivity contribution in [2.45, 2.75) is 69.0 Å². The normalized spacial score (nSPS) is 31.9. The number of hydrogen-bond acceptors (Lipinski definition) is 3. The van der Waals surface area contributed by atoms with Crippen molar-refractivity contribution in [1.29, 1.82) is 0 Å². The van der Waals surface area contributed by atoms with E-state index in [-0.39, 0.29) is 6.54 Å². The molecule has 0 bridgehead atoms. The first-order valence-corrected chi connectivity index (χ1v) is 9.96. The van der Waals surface area contributed by atoms with E-state index in [0.29, 0.717) is 24.0 Å². The third kappa shape index (κ3) is 4.24.